The highest BCUT2D eigenvalue weighted by atomic mass is 16.2. The summed E-state index contributed by atoms with van der Waals surface area (Å²) in [6.07, 6.45) is 2.84. The van der Waals surface area contributed by atoms with Crippen molar-refractivity contribution in [3.8, 4) is 0 Å². The lowest BCUT2D eigenvalue weighted by Crippen LogP contribution is -2.51. The van der Waals surface area contributed by atoms with Gasteiger partial charge in [-0.15, -0.1) is 0 Å². The van der Waals surface area contributed by atoms with Crippen molar-refractivity contribution >= 4 is 17.5 Å². The number of hydrogen-bond acceptors (Lipinski definition) is 6. The zero-order chi connectivity index (χ0) is 20.2. The van der Waals surface area contributed by atoms with E-state index in [9.17, 15) is 4.79 Å². The number of para-hydroxylation sites is 1. The van der Waals surface area contributed by atoms with E-state index in [0.29, 0.717) is 12.6 Å². The fraction of sp³-hybridized carbons (Fsp3) is 0.500. The van der Waals surface area contributed by atoms with Gasteiger partial charge in [0.25, 0.3) is 0 Å². The fourth-order valence-electron chi connectivity index (χ4n) is 4.19. The first-order valence-electron chi connectivity index (χ1n) is 10.4. The first-order valence-corrected chi connectivity index (χ1v) is 10.4. The van der Waals surface area contributed by atoms with Crippen molar-refractivity contribution < 1.29 is 4.79 Å². The number of carbonyl (C=O) groups excluding carboxylic acids is 1. The molecular weight excluding hydrogens is 364 g/mol. The fourth-order valence-corrected chi connectivity index (χ4v) is 4.19. The first-order chi connectivity index (χ1) is 14.1. The summed E-state index contributed by atoms with van der Waals surface area (Å²) >= 11 is 0. The SMILES string of the molecule is Cc1ccnc(N(C)C2CCN(CC(=O)N3CCN(c4ccccc4)CC3)C2)n1. The van der Waals surface area contributed by atoms with Gasteiger partial charge in [0.1, 0.15) is 0 Å². The topological polar surface area (TPSA) is 55.8 Å². The first kappa shape index (κ1) is 19.6. The highest BCUT2D eigenvalue weighted by Gasteiger charge is 2.30. The molecular formula is C22H30N6O. The molecule has 0 aliphatic carbocycles. The number of nitrogens with zero attached hydrogens (tertiary/aromatic N) is 6. The van der Waals surface area contributed by atoms with Crippen molar-refractivity contribution in [2.45, 2.75) is 19.4 Å². The van der Waals surface area contributed by atoms with Gasteiger partial charge in [-0.1, -0.05) is 18.2 Å². The molecule has 1 aromatic heterocycles. The van der Waals surface area contributed by atoms with E-state index >= 15 is 0 Å². The maximum absolute atomic E-state index is 12.8. The molecule has 1 unspecified atom stereocenters. The van der Waals surface area contributed by atoms with E-state index < -0.39 is 0 Å². The number of aromatic nitrogens is 2. The van der Waals surface area contributed by atoms with Crippen molar-refractivity contribution in [3.63, 3.8) is 0 Å². The van der Waals surface area contributed by atoms with Crippen LogP contribution in [-0.4, -0.2) is 84.6 Å². The molecule has 1 atom stereocenters. The van der Waals surface area contributed by atoms with Crippen LogP contribution in [0.4, 0.5) is 11.6 Å². The highest BCUT2D eigenvalue weighted by molar-refractivity contribution is 5.78. The molecule has 0 radical (unpaired) electrons. The predicted molar refractivity (Wildman–Crippen MR) is 115 cm³/mol. The van der Waals surface area contributed by atoms with Crippen LogP contribution in [0.25, 0.3) is 0 Å². The molecule has 2 fully saturated rings. The standard InChI is InChI=1S/C22H30N6O/c1-18-8-10-23-22(24-18)25(2)20-9-11-26(16-20)17-21(29)28-14-12-27(13-15-28)19-6-4-3-5-7-19/h3-8,10,20H,9,11-17H2,1-2H3. The lowest BCUT2D eigenvalue weighted by atomic mass is 10.2. The van der Waals surface area contributed by atoms with Crippen LogP contribution in [0.3, 0.4) is 0 Å². The van der Waals surface area contributed by atoms with Crippen LogP contribution in [0.2, 0.25) is 0 Å². The molecule has 29 heavy (non-hydrogen) atoms. The number of carbonyl (C=O) groups is 1. The smallest absolute Gasteiger partial charge is 0.236 e. The Kier molecular flexibility index (Phi) is 5.94. The number of likely N-dealkylation sites (N-methyl/N-ethyl adjacent to an activating group) is 1. The summed E-state index contributed by atoms with van der Waals surface area (Å²) in [5.74, 6) is 1.01. The number of hydrogen-bond donors (Lipinski definition) is 0. The quantitative estimate of drug-likeness (QED) is 0.769. The third-order valence-corrected chi connectivity index (χ3v) is 6.01. The third kappa shape index (κ3) is 4.67. The van der Waals surface area contributed by atoms with Gasteiger partial charge in [-0.05, 0) is 31.5 Å². The molecule has 2 aromatic rings. The van der Waals surface area contributed by atoms with Gasteiger partial charge in [0, 0.05) is 69.9 Å². The maximum Gasteiger partial charge on any atom is 0.236 e. The lowest BCUT2D eigenvalue weighted by molar-refractivity contribution is -0.132. The summed E-state index contributed by atoms with van der Waals surface area (Å²) in [4.78, 5) is 30.5. The van der Waals surface area contributed by atoms with Crippen molar-refractivity contribution in [1.29, 1.82) is 0 Å². The molecule has 4 rings (SSSR count). The third-order valence-electron chi connectivity index (χ3n) is 6.01. The summed E-state index contributed by atoms with van der Waals surface area (Å²) < 4.78 is 0. The van der Waals surface area contributed by atoms with E-state index in [1.54, 1.807) is 6.20 Å². The Morgan fingerprint density at radius 2 is 1.86 bits per heavy atom. The van der Waals surface area contributed by atoms with Gasteiger partial charge < -0.3 is 14.7 Å². The molecule has 1 amide bonds. The second-order valence-corrected chi connectivity index (χ2v) is 7.99. The largest absolute Gasteiger partial charge is 0.368 e. The van der Waals surface area contributed by atoms with Crippen molar-refractivity contribution in [3.05, 3.63) is 48.3 Å². The number of aryl methyl sites for hydroxylation is 1. The van der Waals surface area contributed by atoms with Crippen LogP contribution in [0.15, 0.2) is 42.6 Å². The Bertz CT molecular complexity index is 821. The van der Waals surface area contributed by atoms with Gasteiger partial charge in [0.05, 0.1) is 6.54 Å². The predicted octanol–water partition coefficient (Wildman–Crippen LogP) is 1.64. The summed E-state index contributed by atoms with van der Waals surface area (Å²) in [6.45, 7) is 7.68. The van der Waals surface area contributed by atoms with Gasteiger partial charge in [0.15, 0.2) is 0 Å². The van der Waals surface area contributed by atoms with Crippen LogP contribution in [0.5, 0.6) is 0 Å². The number of likely N-dealkylation sites (tertiary alicyclic amines) is 1. The van der Waals surface area contributed by atoms with Crippen LogP contribution >= 0.6 is 0 Å². The molecule has 0 spiro atoms. The van der Waals surface area contributed by atoms with Gasteiger partial charge in [-0.25, -0.2) is 9.97 Å². The van der Waals surface area contributed by atoms with E-state index in [1.807, 2.05) is 31.0 Å². The summed E-state index contributed by atoms with van der Waals surface area (Å²) in [6, 6.07) is 12.7. The Labute approximate surface area is 172 Å². The second kappa shape index (κ2) is 8.78. The minimum Gasteiger partial charge on any atom is -0.368 e. The van der Waals surface area contributed by atoms with Crippen molar-refractivity contribution in [1.82, 2.24) is 19.8 Å². The molecule has 3 heterocycles. The van der Waals surface area contributed by atoms with Crippen LogP contribution in [0.1, 0.15) is 12.1 Å². The molecule has 2 aliphatic heterocycles. The monoisotopic (exact) mass is 394 g/mol. The van der Waals surface area contributed by atoms with E-state index in [0.717, 1.165) is 57.3 Å². The lowest BCUT2D eigenvalue weighted by Gasteiger charge is -2.36. The number of anilines is 2. The number of amides is 1. The normalized spacial score (nSPS) is 20.1. The van der Waals surface area contributed by atoms with E-state index in [1.165, 1.54) is 5.69 Å². The zero-order valence-corrected chi connectivity index (χ0v) is 17.4. The maximum atomic E-state index is 12.8. The Morgan fingerprint density at radius 1 is 1.10 bits per heavy atom. The van der Waals surface area contributed by atoms with E-state index in [2.05, 4.69) is 48.9 Å². The van der Waals surface area contributed by atoms with Gasteiger partial charge in [-0.2, -0.15) is 0 Å². The average molecular weight is 395 g/mol. The Morgan fingerprint density at radius 3 is 2.59 bits per heavy atom. The van der Waals surface area contributed by atoms with Crippen LogP contribution in [-0.2, 0) is 4.79 Å². The van der Waals surface area contributed by atoms with Gasteiger partial charge in [-0.3, -0.25) is 9.69 Å². The number of rotatable bonds is 5. The molecule has 7 heteroatoms. The molecule has 7 nitrogen and oxygen atoms in total. The summed E-state index contributed by atoms with van der Waals surface area (Å²) in [7, 11) is 2.05. The number of piperazine rings is 1. The summed E-state index contributed by atoms with van der Waals surface area (Å²) in [5.41, 5.74) is 2.21. The zero-order valence-electron chi connectivity index (χ0n) is 17.4. The highest BCUT2D eigenvalue weighted by Crippen LogP contribution is 2.19. The molecule has 2 saturated heterocycles. The van der Waals surface area contributed by atoms with Crippen LogP contribution < -0.4 is 9.80 Å². The molecule has 1 aromatic carbocycles. The van der Waals surface area contributed by atoms with Gasteiger partial charge >= 0.3 is 0 Å². The van der Waals surface area contributed by atoms with Crippen LogP contribution in [0, 0.1) is 6.92 Å². The minimum absolute atomic E-state index is 0.243. The summed E-state index contributed by atoms with van der Waals surface area (Å²) in [5, 5.41) is 0. The Balaban J connectivity index is 1.26. The average Bonchev–Trinajstić information content (AvgIpc) is 3.22. The molecule has 0 bridgehead atoms. The minimum atomic E-state index is 0.243. The number of benzene rings is 1. The molecule has 154 valence electrons. The molecule has 0 N–H and O–H groups in total. The Hall–Kier alpha value is -2.67. The van der Waals surface area contributed by atoms with Crippen molar-refractivity contribution in [2.75, 3.05) is 62.7 Å². The van der Waals surface area contributed by atoms with Crippen molar-refractivity contribution in [2.24, 2.45) is 0 Å². The van der Waals surface area contributed by atoms with E-state index in [4.69, 9.17) is 0 Å². The second-order valence-electron chi connectivity index (χ2n) is 7.99. The molecule has 2 aliphatic rings. The van der Waals surface area contributed by atoms with Gasteiger partial charge in [0.2, 0.25) is 11.9 Å². The van der Waals surface area contributed by atoms with E-state index in [-0.39, 0.29) is 5.91 Å². The molecule has 0 saturated carbocycles.